The lowest BCUT2D eigenvalue weighted by atomic mass is 9.97. The van der Waals surface area contributed by atoms with Gasteiger partial charge in [0.1, 0.15) is 12.1 Å². The Morgan fingerprint density at radius 1 is 0.946 bits per heavy atom. The first-order chi connectivity index (χ1) is 18.1. The van der Waals surface area contributed by atoms with Crippen molar-refractivity contribution in [1.29, 1.82) is 10.5 Å². The lowest BCUT2D eigenvalue weighted by Crippen LogP contribution is -2.18. The Balaban J connectivity index is 1.82. The summed E-state index contributed by atoms with van der Waals surface area (Å²) in [6.45, 7) is 5.33. The van der Waals surface area contributed by atoms with Gasteiger partial charge < -0.3 is 4.90 Å². The number of nitrogens with zero attached hydrogens (tertiary/aromatic N) is 7. The van der Waals surface area contributed by atoms with Crippen LogP contribution in [0.15, 0.2) is 111 Å². The number of rotatable bonds is 5. The predicted octanol–water partition coefficient (Wildman–Crippen LogP) is 6.82. The van der Waals surface area contributed by atoms with Crippen LogP contribution in [0, 0.1) is 22.7 Å². The highest BCUT2D eigenvalue weighted by Crippen LogP contribution is 2.53. The third-order valence-corrected chi connectivity index (χ3v) is 6.94. The van der Waals surface area contributed by atoms with Gasteiger partial charge in [0.05, 0.1) is 23.3 Å². The molecule has 5 rings (SSSR count). The normalized spacial score (nSPS) is 12.7. The van der Waals surface area contributed by atoms with Crippen LogP contribution in [0.4, 0.5) is 17.1 Å². The van der Waals surface area contributed by atoms with Crippen molar-refractivity contribution in [2.45, 2.75) is 16.7 Å². The van der Waals surface area contributed by atoms with Crippen LogP contribution in [0.2, 0.25) is 0 Å². The molecule has 0 aliphatic carbocycles. The second-order valence-corrected chi connectivity index (χ2v) is 9.06. The Morgan fingerprint density at radius 2 is 1.59 bits per heavy atom. The maximum absolute atomic E-state index is 9.25. The van der Waals surface area contributed by atoms with Crippen molar-refractivity contribution in [3.8, 4) is 23.3 Å². The van der Waals surface area contributed by atoms with E-state index >= 15 is 0 Å². The lowest BCUT2D eigenvalue weighted by Gasteiger charge is -2.35. The Morgan fingerprint density at radius 3 is 2.19 bits per heavy atom. The number of nitriles is 2. The van der Waals surface area contributed by atoms with E-state index in [1.807, 2.05) is 61.5 Å². The number of anilines is 3. The largest absolute Gasteiger partial charge is 0.307 e. The molecule has 0 radical (unpaired) electrons. The minimum Gasteiger partial charge on any atom is -0.307 e. The summed E-state index contributed by atoms with van der Waals surface area (Å²) in [6.07, 6.45) is 4.73. The summed E-state index contributed by atoms with van der Waals surface area (Å²) in [5.74, 6) is 0.107. The molecule has 0 spiro atoms. The van der Waals surface area contributed by atoms with Gasteiger partial charge in [0.15, 0.2) is 5.70 Å². The monoisotopic (exact) mass is 497 g/mol. The van der Waals surface area contributed by atoms with Crippen molar-refractivity contribution in [2.24, 2.45) is 9.98 Å². The standard InChI is InChI=1S/C29H19N7S/c1-19(33-18-21(14-30)32-2)22-8-7-9-23(20-16-34-28(15-31)35-17-20)29(22)36-24-10-3-5-12-26(24)37-27-13-6-4-11-25(27)36/h3-13,16-18H,2H2,1H3/b21-18-,33-19+. The van der Waals surface area contributed by atoms with Crippen molar-refractivity contribution in [3.05, 3.63) is 102 Å². The molecule has 2 heterocycles. The van der Waals surface area contributed by atoms with Crippen LogP contribution in [0.25, 0.3) is 11.1 Å². The molecular weight excluding hydrogens is 478 g/mol. The Kier molecular flexibility index (Phi) is 6.58. The van der Waals surface area contributed by atoms with E-state index in [1.165, 1.54) is 6.20 Å². The van der Waals surface area contributed by atoms with Crippen LogP contribution < -0.4 is 4.90 Å². The van der Waals surface area contributed by atoms with Gasteiger partial charge in [-0.3, -0.25) is 9.98 Å². The number of allylic oxidation sites excluding steroid dienone is 1. The molecule has 0 saturated carbocycles. The summed E-state index contributed by atoms with van der Waals surface area (Å²) in [7, 11) is 0. The molecule has 3 aromatic carbocycles. The summed E-state index contributed by atoms with van der Waals surface area (Å²) in [5, 5.41) is 18.4. The minimum atomic E-state index is 0.107. The summed E-state index contributed by atoms with van der Waals surface area (Å²) in [4.78, 5) is 21.2. The number of para-hydroxylation sites is 3. The van der Waals surface area contributed by atoms with Gasteiger partial charge in [0.25, 0.3) is 0 Å². The zero-order chi connectivity index (χ0) is 25.8. The fourth-order valence-corrected chi connectivity index (χ4v) is 5.17. The number of aromatic nitrogens is 2. The Hall–Kier alpha value is -5.05. The van der Waals surface area contributed by atoms with E-state index < -0.39 is 0 Å². The van der Waals surface area contributed by atoms with E-state index in [1.54, 1.807) is 24.2 Å². The second-order valence-electron chi connectivity index (χ2n) is 7.98. The average molecular weight is 498 g/mol. The molecule has 0 fully saturated rings. The molecule has 4 aromatic rings. The molecular formula is C29H19N7S. The molecule has 0 N–H and O–H groups in total. The summed E-state index contributed by atoms with van der Waals surface area (Å²) in [6, 6.07) is 26.4. The highest BCUT2D eigenvalue weighted by molar-refractivity contribution is 7.99. The number of fused-ring (bicyclic) bond motifs is 2. The minimum absolute atomic E-state index is 0.107. The molecule has 176 valence electrons. The van der Waals surface area contributed by atoms with Crippen molar-refractivity contribution in [3.63, 3.8) is 0 Å². The van der Waals surface area contributed by atoms with Gasteiger partial charge in [-0.1, -0.05) is 54.2 Å². The molecule has 0 amide bonds. The zero-order valence-electron chi connectivity index (χ0n) is 19.8. The SMILES string of the molecule is C=N/C(C#N)=C\N=C(/C)c1cccc(-c2cnc(C#N)nc2)c1N1c2ccccc2Sc2ccccc21. The first-order valence-corrected chi connectivity index (χ1v) is 12.1. The van der Waals surface area contributed by atoms with E-state index in [4.69, 9.17) is 0 Å². The quantitative estimate of drug-likeness (QED) is 0.195. The van der Waals surface area contributed by atoms with Gasteiger partial charge in [-0.15, -0.1) is 0 Å². The average Bonchev–Trinajstić information content (AvgIpc) is 2.96. The first kappa shape index (κ1) is 23.7. The highest BCUT2D eigenvalue weighted by Gasteiger charge is 2.28. The molecule has 1 aromatic heterocycles. The Bertz CT molecular complexity index is 1610. The third kappa shape index (κ3) is 4.50. The maximum atomic E-state index is 9.25. The molecule has 1 aliphatic heterocycles. The van der Waals surface area contributed by atoms with Crippen molar-refractivity contribution in [1.82, 2.24) is 9.97 Å². The molecule has 8 heteroatoms. The topological polar surface area (TPSA) is 101 Å². The van der Waals surface area contributed by atoms with Gasteiger partial charge in [-0.25, -0.2) is 9.97 Å². The van der Waals surface area contributed by atoms with Crippen LogP contribution in [0.5, 0.6) is 0 Å². The predicted molar refractivity (Wildman–Crippen MR) is 146 cm³/mol. The van der Waals surface area contributed by atoms with E-state index in [-0.39, 0.29) is 11.5 Å². The molecule has 0 atom stereocenters. The van der Waals surface area contributed by atoms with E-state index in [0.29, 0.717) is 5.71 Å². The van der Waals surface area contributed by atoms with Gasteiger partial charge in [-0.05, 0) is 37.9 Å². The van der Waals surface area contributed by atoms with Gasteiger partial charge in [-0.2, -0.15) is 10.5 Å². The second kappa shape index (κ2) is 10.3. The first-order valence-electron chi connectivity index (χ1n) is 11.3. The highest BCUT2D eigenvalue weighted by atomic mass is 32.2. The fourth-order valence-electron chi connectivity index (χ4n) is 4.11. The lowest BCUT2D eigenvalue weighted by molar-refractivity contribution is 1.11. The molecule has 0 unspecified atom stereocenters. The zero-order valence-corrected chi connectivity index (χ0v) is 20.6. The summed E-state index contributed by atoms with van der Waals surface area (Å²) >= 11 is 1.72. The van der Waals surface area contributed by atoms with Crippen LogP contribution in [-0.4, -0.2) is 22.4 Å². The molecule has 7 nitrogen and oxygen atoms in total. The Labute approximate surface area is 218 Å². The maximum Gasteiger partial charge on any atom is 0.232 e. The molecule has 1 aliphatic rings. The number of hydrogen-bond acceptors (Lipinski definition) is 8. The van der Waals surface area contributed by atoms with Gasteiger partial charge in [0, 0.05) is 44.6 Å². The van der Waals surface area contributed by atoms with Gasteiger partial charge in [0.2, 0.25) is 5.82 Å². The number of aliphatic imine (C=N–C) groups is 2. The summed E-state index contributed by atoms with van der Waals surface area (Å²) < 4.78 is 0. The molecule has 0 saturated heterocycles. The van der Waals surface area contributed by atoms with Crippen molar-refractivity contribution in [2.75, 3.05) is 4.90 Å². The van der Waals surface area contributed by atoms with E-state index in [9.17, 15) is 10.5 Å². The third-order valence-electron chi connectivity index (χ3n) is 5.81. The smallest absolute Gasteiger partial charge is 0.232 e. The molecule has 0 bridgehead atoms. The van der Waals surface area contributed by atoms with Crippen LogP contribution >= 0.6 is 11.8 Å². The van der Waals surface area contributed by atoms with Crippen LogP contribution in [0.1, 0.15) is 18.3 Å². The molecule has 37 heavy (non-hydrogen) atoms. The van der Waals surface area contributed by atoms with Crippen molar-refractivity contribution < 1.29 is 0 Å². The van der Waals surface area contributed by atoms with Crippen LogP contribution in [0.3, 0.4) is 0 Å². The van der Waals surface area contributed by atoms with Crippen molar-refractivity contribution >= 4 is 41.3 Å². The number of hydrogen-bond donors (Lipinski definition) is 0. The fraction of sp³-hybridized carbons (Fsp3) is 0.0345. The van der Waals surface area contributed by atoms with Crippen LogP contribution in [-0.2, 0) is 0 Å². The van der Waals surface area contributed by atoms with Gasteiger partial charge >= 0.3 is 0 Å². The van der Waals surface area contributed by atoms with E-state index in [0.717, 1.165) is 43.5 Å². The van der Waals surface area contributed by atoms with E-state index in [2.05, 4.69) is 55.8 Å². The summed E-state index contributed by atoms with van der Waals surface area (Å²) in [5.41, 5.74) is 6.26. The number of benzene rings is 3.